The van der Waals surface area contributed by atoms with Crippen molar-refractivity contribution < 1.29 is 4.79 Å². The predicted molar refractivity (Wildman–Crippen MR) is 80.8 cm³/mol. The fraction of sp³-hybridized carbons (Fsp3) is 0.929. The Morgan fingerprint density at radius 1 is 1.00 bits per heavy atom. The Balaban J connectivity index is 1.99. The van der Waals surface area contributed by atoms with E-state index in [1.807, 2.05) is 0 Å². The van der Waals surface area contributed by atoms with Gasteiger partial charge in [-0.3, -0.25) is 5.14 Å². The molecule has 2 rings (SSSR count). The SMILES string of the molecule is NSCNC(=O)N(C1CCCCC1)C1CCCCC1. The van der Waals surface area contributed by atoms with Crippen molar-refractivity contribution in [2.75, 3.05) is 5.88 Å². The van der Waals surface area contributed by atoms with Crippen molar-refractivity contribution in [3.8, 4) is 0 Å². The number of urea groups is 1. The van der Waals surface area contributed by atoms with Crippen LogP contribution in [0.1, 0.15) is 64.2 Å². The summed E-state index contributed by atoms with van der Waals surface area (Å²) in [7, 11) is 0. The monoisotopic (exact) mass is 285 g/mol. The van der Waals surface area contributed by atoms with Gasteiger partial charge in [0.1, 0.15) is 0 Å². The van der Waals surface area contributed by atoms with E-state index in [1.54, 1.807) is 0 Å². The first-order valence-corrected chi connectivity index (χ1v) is 8.75. The van der Waals surface area contributed by atoms with Crippen LogP contribution in [0.25, 0.3) is 0 Å². The fourth-order valence-corrected chi connectivity index (χ4v) is 3.75. The van der Waals surface area contributed by atoms with E-state index in [0.717, 1.165) is 0 Å². The Hall–Kier alpha value is -0.420. The Labute approximate surface area is 121 Å². The lowest BCUT2D eigenvalue weighted by atomic mass is 9.89. The molecule has 2 aliphatic carbocycles. The molecule has 19 heavy (non-hydrogen) atoms. The smallest absolute Gasteiger partial charge is 0.318 e. The van der Waals surface area contributed by atoms with Gasteiger partial charge in [-0.15, -0.1) is 0 Å². The molecule has 0 saturated heterocycles. The van der Waals surface area contributed by atoms with E-state index >= 15 is 0 Å². The lowest BCUT2D eigenvalue weighted by Gasteiger charge is -2.41. The second-order valence-corrected chi connectivity index (χ2v) is 6.41. The maximum absolute atomic E-state index is 12.4. The lowest BCUT2D eigenvalue weighted by molar-refractivity contribution is 0.106. The van der Waals surface area contributed by atoms with Crippen LogP contribution in [0.2, 0.25) is 0 Å². The van der Waals surface area contributed by atoms with Crippen LogP contribution in [-0.2, 0) is 0 Å². The van der Waals surface area contributed by atoms with E-state index in [1.165, 1.54) is 76.2 Å². The summed E-state index contributed by atoms with van der Waals surface area (Å²) in [6.45, 7) is 0. The molecule has 0 bridgehead atoms. The second kappa shape index (κ2) is 8.00. The fourth-order valence-electron chi connectivity index (χ4n) is 3.54. The van der Waals surface area contributed by atoms with Crippen molar-refractivity contribution in [3.63, 3.8) is 0 Å². The summed E-state index contributed by atoms with van der Waals surface area (Å²) < 4.78 is 0. The third-order valence-corrected chi connectivity index (χ3v) is 4.79. The van der Waals surface area contributed by atoms with E-state index in [0.29, 0.717) is 18.0 Å². The minimum absolute atomic E-state index is 0.108. The Morgan fingerprint density at radius 2 is 1.47 bits per heavy atom. The number of amides is 2. The van der Waals surface area contributed by atoms with Gasteiger partial charge in [-0.25, -0.2) is 4.79 Å². The van der Waals surface area contributed by atoms with E-state index in [9.17, 15) is 4.79 Å². The average Bonchev–Trinajstić information content (AvgIpc) is 2.47. The zero-order chi connectivity index (χ0) is 13.5. The molecule has 5 heteroatoms. The lowest BCUT2D eigenvalue weighted by Crippen LogP contribution is -2.52. The standard InChI is InChI=1S/C14H27N3OS/c15-19-11-16-14(18)17(12-7-3-1-4-8-12)13-9-5-2-6-10-13/h12-13H,1-11,15H2,(H,16,18). The molecule has 0 heterocycles. The van der Waals surface area contributed by atoms with Gasteiger partial charge < -0.3 is 10.2 Å². The predicted octanol–water partition coefficient (Wildman–Crippen LogP) is 3.23. The van der Waals surface area contributed by atoms with Crippen LogP contribution in [0.5, 0.6) is 0 Å². The number of nitrogens with one attached hydrogen (secondary N) is 1. The number of hydrogen-bond donors (Lipinski definition) is 2. The molecule has 2 amide bonds. The van der Waals surface area contributed by atoms with Crippen LogP contribution in [0.4, 0.5) is 4.79 Å². The molecular formula is C14H27N3OS. The number of carbonyl (C=O) groups excluding carboxylic acids is 1. The van der Waals surface area contributed by atoms with Crippen molar-refractivity contribution in [2.45, 2.75) is 76.3 Å². The van der Waals surface area contributed by atoms with E-state index in [-0.39, 0.29) is 6.03 Å². The minimum Gasteiger partial charge on any atom is -0.328 e. The van der Waals surface area contributed by atoms with Crippen molar-refractivity contribution in [3.05, 3.63) is 0 Å². The zero-order valence-corrected chi connectivity index (χ0v) is 12.6. The summed E-state index contributed by atoms with van der Waals surface area (Å²) >= 11 is 1.18. The van der Waals surface area contributed by atoms with Crippen LogP contribution in [0, 0.1) is 0 Å². The Morgan fingerprint density at radius 3 is 1.89 bits per heavy atom. The topological polar surface area (TPSA) is 58.4 Å². The Bertz CT molecular complexity index is 258. The quantitative estimate of drug-likeness (QED) is 0.616. The first-order valence-electron chi connectivity index (χ1n) is 7.71. The molecule has 0 unspecified atom stereocenters. The molecule has 4 nitrogen and oxygen atoms in total. The van der Waals surface area contributed by atoms with Gasteiger partial charge in [0, 0.05) is 12.1 Å². The third kappa shape index (κ3) is 4.28. The highest BCUT2D eigenvalue weighted by Crippen LogP contribution is 2.30. The molecule has 0 aromatic carbocycles. The molecule has 0 aromatic rings. The number of rotatable bonds is 4. The molecule has 0 spiro atoms. The van der Waals surface area contributed by atoms with Crippen molar-refractivity contribution in [1.29, 1.82) is 0 Å². The normalized spacial score (nSPS) is 22.2. The summed E-state index contributed by atoms with van der Waals surface area (Å²) in [5.74, 6) is 0.509. The highest BCUT2D eigenvalue weighted by Gasteiger charge is 2.32. The molecule has 2 aliphatic rings. The molecule has 3 N–H and O–H groups in total. The van der Waals surface area contributed by atoms with Crippen LogP contribution in [0.15, 0.2) is 0 Å². The van der Waals surface area contributed by atoms with Crippen LogP contribution >= 0.6 is 11.9 Å². The first kappa shape index (κ1) is 15.0. The number of nitrogens with two attached hydrogens (primary N) is 1. The summed E-state index contributed by atoms with van der Waals surface area (Å²) in [5.41, 5.74) is 0. The summed E-state index contributed by atoms with van der Waals surface area (Å²) in [6.07, 6.45) is 12.5. The highest BCUT2D eigenvalue weighted by atomic mass is 32.2. The van der Waals surface area contributed by atoms with Gasteiger partial charge in [0.2, 0.25) is 0 Å². The van der Waals surface area contributed by atoms with Gasteiger partial charge in [0.15, 0.2) is 0 Å². The largest absolute Gasteiger partial charge is 0.328 e. The maximum atomic E-state index is 12.4. The Kier molecular flexibility index (Phi) is 6.31. The van der Waals surface area contributed by atoms with Gasteiger partial charge in [-0.1, -0.05) is 50.5 Å². The van der Waals surface area contributed by atoms with E-state index in [4.69, 9.17) is 5.14 Å². The van der Waals surface area contributed by atoms with E-state index in [2.05, 4.69) is 10.2 Å². The van der Waals surface area contributed by atoms with Gasteiger partial charge in [-0.2, -0.15) is 0 Å². The van der Waals surface area contributed by atoms with Gasteiger partial charge in [0.25, 0.3) is 0 Å². The van der Waals surface area contributed by atoms with Crippen LogP contribution in [0.3, 0.4) is 0 Å². The molecule has 0 aliphatic heterocycles. The molecule has 0 aromatic heterocycles. The highest BCUT2D eigenvalue weighted by molar-refractivity contribution is 7.97. The van der Waals surface area contributed by atoms with Gasteiger partial charge >= 0.3 is 6.03 Å². The van der Waals surface area contributed by atoms with E-state index < -0.39 is 0 Å². The van der Waals surface area contributed by atoms with Crippen LogP contribution in [-0.4, -0.2) is 28.9 Å². The average molecular weight is 285 g/mol. The zero-order valence-electron chi connectivity index (χ0n) is 11.8. The number of nitrogens with zero attached hydrogens (tertiary/aromatic N) is 1. The van der Waals surface area contributed by atoms with Crippen molar-refractivity contribution in [1.82, 2.24) is 10.2 Å². The molecule has 110 valence electrons. The molecule has 0 radical (unpaired) electrons. The molecule has 2 fully saturated rings. The number of hydrogen-bond acceptors (Lipinski definition) is 3. The molecule has 0 atom stereocenters. The molecular weight excluding hydrogens is 258 g/mol. The summed E-state index contributed by atoms with van der Waals surface area (Å²) in [4.78, 5) is 14.6. The second-order valence-electron chi connectivity index (χ2n) is 5.78. The summed E-state index contributed by atoms with van der Waals surface area (Å²) in [5, 5.41) is 8.37. The molecule has 2 saturated carbocycles. The van der Waals surface area contributed by atoms with Crippen LogP contribution < -0.4 is 10.5 Å². The van der Waals surface area contributed by atoms with Gasteiger partial charge in [0.05, 0.1) is 5.88 Å². The maximum Gasteiger partial charge on any atom is 0.318 e. The minimum atomic E-state index is 0.108. The summed E-state index contributed by atoms with van der Waals surface area (Å²) in [6, 6.07) is 1.02. The number of carbonyl (C=O) groups is 1. The van der Waals surface area contributed by atoms with Crippen molar-refractivity contribution >= 4 is 18.0 Å². The first-order chi connectivity index (χ1) is 9.33. The third-order valence-electron chi connectivity index (χ3n) is 4.48. The van der Waals surface area contributed by atoms with Gasteiger partial charge in [-0.05, 0) is 25.7 Å². The van der Waals surface area contributed by atoms with Crippen molar-refractivity contribution in [2.24, 2.45) is 5.14 Å².